The number of amides is 4. The highest BCUT2D eigenvalue weighted by Crippen LogP contribution is 2.16. The van der Waals surface area contributed by atoms with Gasteiger partial charge in [-0.05, 0) is 17.7 Å². The average molecular weight is 422 g/mol. The van der Waals surface area contributed by atoms with Crippen molar-refractivity contribution in [2.75, 3.05) is 32.7 Å². The Labute approximate surface area is 181 Å². The van der Waals surface area contributed by atoms with Crippen molar-refractivity contribution in [2.45, 2.75) is 19.0 Å². The van der Waals surface area contributed by atoms with Crippen molar-refractivity contribution >= 4 is 23.9 Å². The zero-order valence-corrected chi connectivity index (χ0v) is 17.3. The van der Waals surface area contributed by atoms with Gasteiger partial charge in [0, 0.05) is 32.7 Å². The quantitative estimate of drug-likeness (QED) is 0.690. The van der Waals surface area contributed by atoms with Crippen molar-refractivity contribution < 1.29 is 18.8 Å². The van der Waals surface area contributed by atoms with Gasteiger partial charge in [0.2, 0.25) is 5.91 Å². The minimum Gasteiger partial charge on any atom is -0.467 e. The third-order valence-corrected chi connectivity index (χ3v) is 5.58. The molecule has 162 valence electrons. The minimum atomic E-state index is -0.818. The number of nitrogens with zero attached hydrogens (tertiary/aromatic N) is 3. The Balaban J connectivity index is 1.22. The molecule has 0 unspecified atom stereocenters. The third-order valence-electron chi connectivity index (χ3n) is 5.58. The Bertz CT molecular complexity index is 934. The molecule has 0 saturated carbocycles. The standard InChI is InChI=1S/C23H26N4O4/c28-21(16-20-22(29)27(23(30)24-20)17-19-9-5-15-31-19)26-13-11-25(12-14-26)10-4-8-18-6-2-1-3-7-18/h1-9,15,20H,10-14,16-17H2,(H,24,30)/b8-4+/t20-/m0/s1. The molecule has 1 aromatic heterocycles. The summed E-state index contributed by atoms with van der Waals surface area (Å²) < 4.78 is 5.21. The fraction of sp³-hybridized carbons (Fsp3) is 0.348. The molecule has 0 radical (unpaired) electrons. The van der Waals surface area contributed by atoms with Crippen molar-refractivity contribution in [3.05, 3.63) is 66.1 Å². The van der Waals surface area contributed by atoms with E-state index in [1.807, 2.05) is 18.2 Å². The minimum absolute atomic E-state index is 0.0207. The maximum atomic E-state index is 12.7. The summed E-state index contributed by atoms with van der Waals surface area (Å²) in [5.74, 6) is 0.0188. The fourth-order valence-corrected chi connectivity index (χ4v) is 3.81. The van der Waals surface area contributed by atoms with Gasteiger partial charge in [0.25, 0.3) is 5.91 Å². The second-order valence-electron chi connectivity index (χ2n) is 7.70. The van der Waals surface area contributed by atoms with E-state index in [1.54, 1.807) is 17.0 Å². The van der Waals surface area contributed by atoms with Crippen LogP contribution in [0.15, 0.2) is 59.2 Å². The normalized spacial score (nSPS) is 19.9. The van der Waals surface area contributed by atoms with Crippen LogP contribution >= 0.6 is 0 Å². The molecule has 1 N–H and O–H groups in total. The molecule has 4 rings (SSSR count). The molecule has 2 saturated heterocycles. The first-order chi connectivity index (χ1) is 15.1. The van der Waals surface area contributed by atoms with Crippen molar-refractivity contribution in [1.82, 2.24) is 20.0 Å². The molecule has 2 fully saturated rings. The average Bonchev–Trinajstić information content (AvgIpc) is 3.39. The van der Waals surface area contributed by atoms with Crippen LogP contribution in [0.4, 0.5) is 4.79 Å². The maximum absolute atomic E-state index is 12.7. The van der Waals surface area contributed by atoms with Gasteiger partial charge in [0.1, 0.15) is 11.8 Å². The van der Waals surface area contributed by atoms with E-state index in [1.165, 1.54) is 11.8 Å². The van der Waals surface area contributed by atoms with Crippen molar-refractivity contribution in [3.63, 3.8) is 0 Å². The number of hydrogen-bond acceptors (Lipinski definition) is 5. The monoisotopic (exact) mass is 422 g/mol. The van der Waals surface area contributed by atoms with Crippen LogP contribution in [0.5, 0.6) is 0 Å². The molecule has 1 aromatic carbocycles. The summed E-state index contributed by atoms with van der Waals surface area (Å²) in [5, 5.41) is 2.62. The molecule has 0 bridgehead atoms. The largest absolute Gasteiger partial charge is 0.467 e. The smallest absolute Gasteiger partial charge is 0.325 e. The van der Waals surface area contributed by atoms with Gasteiger partial charge in [-0.2, -0.15) is 0 Å². The van der Waals surface area contributed by atoms with Gasteiger partial charge < -0.3 is 14.6 Å². The van der Waals surface area contributed by atoms with Gasteiger partial charge >= 0.3 is 6.03 Å². The number of nitrogens with one attached hydrogen (secondary N) is 1. The first-order valence-corrected chi connectivity index (χ1v) is 10.5. The molecular weight excluding hydrogens is 396 g/mol. The van der Waals surface area contributed by atoms with Crippen LogP contribution in [-0.4, -0.2) is 71.3 Å². The van der Waals surface area contributed by atoms with E-state index >= 15 is 0 Å². The molecule has 8 heteroatoms. The van der Waals surface area contributed by atoms with E-state index < -0.39 is 12.1 Å². The summed E-state index contributed by atoms with van der Waals surface area (Å²) in [6.07, 6.45) is 5.70. The molecule has 1 atom stereocenters. The second-order valence-corrected chi connectivity index (χ2v) is 7.70. The van der Waals surface area contributed by atoms with Gasteiger partial charge in [-0.1, -0.05) is 42.5 Å². The Morgan fingerprint density at radius 1 is 1.06 bits per heavy atom. The Morgan fingerprint density at radius 2 is 1.84 bits per heavy atom. The first-order valence-electron chi connectivity index (χ1n) is 10.5. The lowest BCUT2D eigenvalue weighted by Crippen LogP contribution is -2.50. The number of furan rings is 1. The number of carbonyl (C=O) groups is 3. The number of piperazine rings is 1. The number of carbonyl (C=O) groups excluding carboxylic acids is 3. The first kappa shape index (κ1) is 20.9. The molecule has 0 aliphatic carbocycles. The number of rotatable bonds is 7. The Kier molecular flexibility index (Phi) is 6.47. The van der Waals surface area contributed by atoms with Gasteiger partial charge in [0.05, 0.1) is 19.2 Å². The van der Waals surface area contributed by atoms with E-state index in [4.69, 9.17) is 4.42 Å². The van der Waals surface area contributed by atoms with Crippen molar-refractivity contribution in [3.8, 4) is 0 Å². The zero-order valence-electron chi connectivity index (χ0n) is 17.3. The third kappa shape index (κ3) is 5.21. The van der Waals surface area contributed by atoms with Gasteiger partial charge in [-0.15, -0.1) is 0 Å². The summed E-state index contributed by atoms with van der Waals surface area (Å²) in [7, 11) is 0. The molecule has 2 aromatic rings. The topological polar surface area (TPSA) is 86.1 Å². The van der Waals surface area contributed by atoms with Crippen molar-refractivity contribution in [1.29, 1.82) is 0 Å². The summed E-state index contributed by atoms with van der Waals surface area (Å²) in [6, 6.07) is 12.2. The van der Waals surface area contributed by atoms with E-state index in [-0.39, 0.29) is 24.8 Å². The molecule has 8 nitrogen and oxygen atoms in total. The van der Waals surface area contributed by atoms with Crippen LogP contribution < -0.4 is 5.32 Å². The highest BCUT2D eigenvalue weighted by atomic mass is 16.3. The van der Waals surface area contributed by atoms with Gasteiger partial charge in [0.15, 0.2) is 0 Å². The molecular formula is C23H26N4O4. The molecule has 4 amide bonds. The van der Waals surface area contributed by atoms with Crippen LogP contribution in [-0.2, 0) is 16.1 Å². The lowest BCUT2D eigenvalue weighted by Gasteiger charge is -2.34. The SMILES string of the molecule is O=C(C[C@@H]1NC(=O)N(Cc2ccco2)C1=O)N1CCN(C/C=C/c2ccccc2)CC1. The lowest BCUT2D eigenvalue weighted by atomic mass is 10.1. The predicted octanol–water partition coefficient (Wildman–Crippen LogP) is 1.95. The molecule has 31 heavy (non-hydrogen) atoms. The predicted molar refractivity (Wildman–Crippen MR) is 115 cm³/mol. The van der Waals surface area contributed by atoms with Gasteiger partial charge in [-0.3, -0.25) is 19.4 Å². The Morgan fingerprint density at radius 3 is 2.55 bits per heavy atom. The van der Waals surface area contributed by atoms with Crippen LogP contribution in [0, 0.1) is 0 Å². The van der Waals surface area contributed by atoms with E-state index in [0.717, 1.165) is 24.5 Å². The summed E-state index contributed by atoms with van der Waals surface area (Å²) in [5.41, 5.74) is 1.17. The summed E-state index contributed by atoms with van der Waals surface area (Å²) in [4.78, 5) is 42.5. The number of hydrogen-bond donors (Lipinski definition) is 1. The van der Waals surface area contributed by atoms with E-state index in [2.05, 4.69) is 34.5 Å². The lowest BCUT2D eigenvalue weighted by molar-refractivity contribution is -0.137. The maximum Gasteiger partial charge on any atom is 0.325 e. The fourth-order valence-electron chi connectivity index (χ4n) is 3.81. The number of urea groups is 1. The molecule has 0 spiro atoms. The molecule has 2 aliphatic rings. The molecule has 2 aliphatic heterocycles. The summed E-state index contributed by atoms with van der Waals surface area (Å²) in [6.45, 7) is 3.68. The molecule has 3 heterocycles. The second kappa shape index (κ2) is 9.61. The van der Waals surface area contributed by atoms with Crippen LogP contribution in [0.3, 0.4) is 0 Å². The van der Waals surface area contributed by atoms with Crippen LogP contribution in [0.2, 0.25) is 0 Å². The Hall–Kier alpha value is -3.39. The summed E-state index contributed by atoms with van der Waals surface area (Å²) >= 11 is 0. The highest BCUT2D eigenvalue weighted by molar-refractivity contribution is 6.05. The van der Waals surface area contributed by atoms with E-state index in [0.29, 0.717) is 18.8 Å². The zero-order chi connectivity index (χ0) is 21.6. The number of imide groups is 1. The van der Waals surface area contributed by atoms with Crippen LogP contribution in [0.25, 0.3) is 6.08 Å². The van der Waals surface area contributed by atoms with E-state index in [9.17, 15) is 14.4 Å². The van der Waals surface area contributed by atoms with Crippen LogP contribution in [0.1, 0.15) is 17.7 Å². The van der Waals surface area contributed by atoms with Crippen molar-refractivity contribution in [2.24, 2.45) is 0 Å². The van der Waals surface area contributed by atoms with Gasteiger partial charge in [-0.25, -0.2) is 4.79 Å². The number of benzene rings is 1. The highest BCUT2D eigenvalue weighted by Gasteiger charge is 2.40.